The van der Waals surface area contributed by atoms with Crippen LogP contribution in [0.3, 0.4) is 0 Å². The molecule has 2 N–H and O–H groups in total. The van der Waals surface area contributed by atoms with Crippen molar-refractivity contribution in [2.24, 2.45) is 0 Å². The summed E-state index contributed by atoms with van der Waals surface area (Å²) in [4.78, 5) is 20.7. The number of halogens is 1. The van der Waals surface area contributed by atoms with Gasteiger partial charge in [-0.05, 0) is 31.9 Å². The lowest BCUT2D eigenvalue weighted by molar-refractivity contribution is -0.117. The van der Waals surface area contributed by atoms with Crippen molar-refractivity contribution in [1.82, 2.24) is 19.9 Å². The van der Waals surface area contributed by atoms with Crippen molar-refractivity contribution in [3.05, 3.63) is 41.6 Å². The molecule has 1 aliphatic rings. The normalized spacial score (nSPS) is 18.3. The molecular weight excluding hydrogens is 314 g/mol. The van der Waals surface area contributed by atoms with E-state index in [-0.39, 0.29) is 11.9 Å². The van der Waals surface area contributed by atoms with Crippen molar-refractivity contribution in [1.29, 1.82) is 0 Å². The molecule has 0 fully saturated rings. The quantitative estimate of drug-likeness (QED) is 0.881. The first-order valence-electron chi connectivity index (χ1n) is 7.80. The number of anilines is 1. The first-order chi connectivity index (χ1) is 11.1. The zero-order valence-electron chi connectivity index (χ0n) is 13.0. The molecule has 7 heteroatoms. The number of aromatic nitrogens is 3. The molecular formula is C16H20ClN5O. The van der Waals surface area contributed by atoms with Gasteiger partial charge in [-0.2, -0.15) is 0 Å². The maximum Gasteiger partial charge on any atom is 0.242 e. The highest BCUT2D eigenvalue weighted by molar-refractivity contribution is 6.30. The van der Waals surface area contributed by atoms with Crippen LogP contribution in [-0.2, 0) is 11.3 Å². The Labute approximate surface area is 140 Å². The van der Waals surface area contributed by atoms with Crippen LogP contribution in [-0.4, -0.2) is 33.0 Å². The van der Waals surface area contributed by atoms with E-state index in [1.54, 1.807) is 12.1 Å². The first kappa shape index (κ1) is 16.0. The second-order valence-corrected chi connectivity index (χ2v) is 6.24. The Balaban J connectivity index is 1.52. The molecule has 0 aromatic carbocycles. The third kappa shape index (κ3) is 3.89. The summed E-state index contributed by atoms with van der Waals surface area (Å²) in [5, 5.41) is 6.62. The molecule has 2 atom stereocenters. The molecule has 2 aromatic rings. The average molecular weight is 334 g/mol. The van der Waals surface area contributed by atoms with E-state index in [9.17, 15) is 4.79 Å². The highest BCUT2D eigenvalue weighted by Crippen LogP contribution is 2.24. The van der Waals surface area contributed by atoms with E-state index in [0.717, 1.165) is 31.8 Å². The zero-order chi connectivity index (χ0) is 16.2. The van der Waals surface area contributed by atoms with Crippen molar-refractivity contribution < 1.29 is 4.79 Å². The predicted molar refractivity (Wildman–Crippen MR) is 89.5 cm³/mol. The Morgan fingerprint density at radius 2 is 2.35 bits per heavy atom. The van der Waals surface area contributed by atoms with E-state index in [4.69, 9.17) is 11.6 Å². The fraction of sp³-hybridized carbons (Fsp3) is 0.438. The lowest BCUT2D eigenvalue weighted by atomic mass is 9.98. The summed E-state index contributed by atoms with van der Waals surface area (Å²) in [6.45, 7) is 3.62. The number of rotatable bonds is 5. The van der Waals surface area contributed by atoms with Crippen molar-refractivity contribution in [2.75, 3.05) is 11.9 Å². The molecule has 0 aliphatic carbocycles. The third-order valence-corrected chi connectivity index (χ3v) is 4.33. The van der Waals surface area contributed by atoms with E-state index in [0.29, 0.717) is 16.8 Å². The summed E-state index contributed by atoms with van der Waals surface area (Å²) >= 11 is 5.78. The van der Waals surface area contributed by atoms with Gasteiger partial charge in [0.15, 0.2) is 0 Å². The molecule has 0 saturated carbocycles. The van der Waals surface area contributed by atoms with Gasteiger partial charge in [-0.15, -0.1) is 0 Å². The largest absolute Gasteiger partial charge is 0.335 e. The number of hydrogen-bond donors (Lipinski definition) is 2. The van der Waals surface area contributed by atoms with Gasteiger partial charge in [0.25, 0.3) is 0 Å². The second kappa shape index (κ2) is 7.10. The Hall–Kier alpha value is -1.92. The van der Waals surface area contributed by atoms with Gasteiger partial charge in [-0.25, -0.2) is 9.97 Å². The molecule has 3 heterocycles. The van der Waals surface area contributed by atoms with Crippen LogP contribution in [0, 0.1) is 0 Å². The Kier molecular flexibility index (Phi) is 4.93. The van der Waals surface area contributed by atoms with Crippen molar-refractivity contribution >= 4 is 23.3 Å². The lowest BCUT2D eigenvalue weighted by Gasteiger charge is -2.25. The van der Waals surface area contributed by atoms with Crippen LogP contribution >= 0.6 is 11.6 Å². The molecule has 6 nitrogen and oxygen atoms in total. The fourth-order valence-electron chi connectivity index (χ4n) is 2.80. The minimum absolute atomic E-state index is 0.112. The van der Waals surface area contributed by atoms with Crippen LogP contribution < -0.4 is 10.6 Å². The summed E-state index contributed by atoms with van der Waals surface area (Å²) in [7, 11) is 0. The molecule has 3 rings (SSSR count). The third-order valence-electron chi connectivity index (χ3n) is 4.11. The number of pyridine rings is 1. The summed E-state index contributed by atoms with van der Waals surface area (Å²) in [6.07, 6.45) is 7.61. The number of carbonyl (C=O) groups is 1. The van der Waals surface area contributed by atoms with E-state index in [1.165, 1.54) is 6.20 Å². The van der Waals surface area contributed by atoms with Gasteiger partial charge in [0.05, 0.1) is 11.1 Å². The molecule has 23 heavy (non-hydrogen) atoms. The molecule has 1 aliphatic heterocycles. The van der Waals surface area contributed by atoms with Crippen LogP contribution in [0.4, 0.5) is 5.82 Å². The molecule has 2 unspecified atom stereocenters. The van der Waals surface area contributed by atoms with E-state index in [2.05, 4.69) is 25.2 Å². The van der Waals surface area contributed by atoms with E-state index in [1.807, 2.05) is 19.3 Å². The highest BCUT2D eigenvalue weighted by Gasteiger charge is 2.23. The number of nitrogens with one attached hydrogen (secondary N) is 2. The van der Waals surface area contributed by atoms with Crippen molar-refractivity contribution in [2.45, 2.75) is 38.3 Å². The maximum absolute atomic E-state index is 12.2. The minimum Gasteiger partial charge on any atom is -0.335 e. The minimum atomic E-state index is -0.308. The monoisotopic (exact) mass is 333 g/mol. The molecule has 0 spiro atoms. The topological polar surface area (TPSA) is 71.8 Å². The lowest BCUT2D eigenvalue weighted by Crippen LogP contribution is -2.41. The summed E-state index contributed by atoms with van der Waals surface area (Å²) in [5.41, 5.74) is 0. The number of amides is 1. The second-order valence-electron chi connectivity index (χ2n) is 5.80. The molecule has 0 bridgehead atoms. The van der Waals surface area contributed by atoms with Gasteiger partial charge in [0, 0.05) is 37.6 Å². The predicted octanol–water partition coefficient (Wildman–Crippen LogP) is 2.43. The van der Waals surface area contributed by atoms with Crippen molar-refractivity contribution in [3.8, 4) is 0 Å². The van der Waals surface area contributed by atoms with Crippen LogP contribution in [0.1, 0.15) is 31.5 Å². The Morgan fingerprint density at radius 1 is 1.48 bits per heavy atom. The van der Waals surface area contributed by atoms with Crippen LogP contribution in [0.15, 0.2) is 30.7 Å². The Morgan fingerprint density at radius 3 is 3.13 bits per heavy atom. The Bertz CT molecular complexity index is 669. The smallest absolute Gasteiger partial charge is 0.242 e. The van der Waals surface area contributed by atoms with Gasteiger partial charge >= 0.3 is 0 Å². The number of hydrogen-bond acceptors (Lipinski definition) is 4. The summed E-state index contributed by atoms with van der Waals surface area (Å²) in [6, 6.07) is 3.08. The van der Waals surface area contributed by atoms with Crippen LogP contribution in [0.2, 0.25) is 5.02 Å². The summed E-state index contributed by atoms with van der Waals surface area (Å²) in [5.74, 6) is 1.85. The van der Waals surface area contributed by atoms with Crippen LogP contribution in [0.25, 0.3) is 0 Å². The number of carbonyl (C=O) groups excluding carboxylic acids is 1. The number of fused-ring (bicyclic) bond motifs is 1. The van der Waals surface area contributed by atoms with Gasteiger partial charge in [-0.1, -0.05) is 11.6 Å². The summed E-state index contributed by atoms with van der Waals surface area (Å²) < 4.78 is 2.19. The number of aryl methyl sites for hydroxylation is 1. The zero-order valence-corrected chi connectivity index (χ0v) is 13.8. The van der Waals surface area contributed by atoms with Gasteiger partial charge in [0.2, 0.25) is 5.91 Å². The SMILES string of the molecule is CC(NCC1CCCn2ccnc21)C(=O)Nc1ccc(Cl)cn1. The highest BCUT2D eigenvalue weighted by atomic mass is 35.5. The molecule has 122 valence electrons. The standard InChI is InChI=1S/C16H20ClN5O/c1-11(16(23)21-14-5-4-13(17)10-20-14)19-9-12-3-2-7-22-8-6-18-15(12)22/h4-6,8,10-12,19H,2-3,7,9H2,1H3,(H,20,21,23). The van der Waals surface area contributed by atoms with E-state index < -0.39 is 0 Å². The van der Waals surface area contributed by atoms with Gasteiger partial charge < -0.3 is 15.2 Å². The number of nitrogens with zero attached hydrogens (tertiary/aromatic N) is 3. The van der Waals surface area contributed by atoms with Crippen molar-refractivity contribution in [3.63, 3.8) is 0 Å². The van der Waals surface area contributed by atoms with Gasteiger partial charge in [0.1, 0.15) is 11.6 Å². The fourth-order valence-corrected chi connectivity index (χ4v) is 2.91. The molecule has 1 amide bonds. The van der Waals surface area contributed by atoms with Gasteiger partial charge in [-0.3, -0.25) is 4.79 Å². The molecule has 0 radical (unpaired) electrons. The maximum atomic E-state index is 12.2. The first-order valence-corrected chi connectivity index (χ1v) is 8.18. The number of imidazole rings is 1. The molecule has 2 aromatic heterocycles. The van der Waals surface area contributed by atoms with E-state index >= 15 is 0 Å². The average Bonchev–Trinajstić information content (AvgIpc) is 3.03. The molecule has 0 saturated heterocycles. The van der Waals surface area contributed by atoms with Crippen LogP contribution in [0.5, 0.6) is 0 Å².